The minimum absolute atomic E-state index is 0.208. The minimum Gasteiger partial charge on any atom is -0.372 e. The molecule has 1 aromatic carbocycles. The van der Waals surface area contributed by atoms with Crippen molar-refractivity contribution in [2.24, 2.45) is 0 Å². The van der Waals surface area contributed by atoms with Gasteiger partial charge in [0.05, 0.1) is 0 Å². The fraction of sp³-hybridized carbons (Fsp3) is 0.571. The van der Waals surface area contributed by atoms with Crippen molar-refractivity contribution in [3.05, 3.63) is 29.8 Å². The highest BCUT2D eigenvalue weighted by molar-refractivity contribution is 5.56. The van der Waals surface area contributed by atoms with Crippen molar-refractivity contribution in [1.82, 2.24) is 0 Å². The Kier molecular flexibility index (Phi) is 3.43. The zero-order valence-corrected chi connectivity index (χ0v) is 10.8. The topological polar surface area (TPSA) is 3.24 Å². The molecule has 0 saturated heterocycles. The molecule has 0 N–H and O–H groups in total. The van der Waals surface area contributed by atoms with Crippen LogP contribution in [0.1, 0.15) is 40.2 Å². The third kappa shape index (κ3) is 2.74. The number of rotatable bonds is 2. The van der Waals surface area contributed by atoms with Gasteiger partial charge in [0.1, 0.15) is 0 Å². The first-order valence-electron chi connectivity index (χ1n) is 5.66. The lowest BCUT2D eigenvalue weighted by Gasteiger charge is -2.31. The molecule has 0 unspecified atom stereocenters. The van der Waals surface area contributed by atoms with Gasteiger partial charge < -0.3 is 4.90 Å². The number of para-hydroxylation sites is 1. The molecule has 15 heavy (non-hydrogen) atoms. The molecule has 0 aromatic heterocycles. The molecule has 1 heteroatoms. The van der Waals surface area contributed by atoms with E-state index < -0.39 is 0 Å². The Morgan fingerprint density at radius 3 is 2.07 bits per heavy atom. The molecule has 1 aromatic rings. The van der Waals surface area contributed by atoms with E-state index in [4.69, 9.17) is 0 Å². The molecule has 0 heterocycles. The van der Waals surface area contributed by atoms with E-state index in [0.29, 0.717) is 6.04 Å². The summed E-state index contributed by atoms with van der Waals surface area (Å²) in [5, 5.41) is 0. The van der Waals surface area contributed by atoms with Crippen molar-refractivity contribution in [2.45, 2.75) is 46.1 Å². The summed E-state index contributed by atoms with van der Waals surface area (Å²) in [4.78, 5) is 2.33. The smallest absolute Gasteiger partial charge is 0.0403 e. The highest BCUT2D eigenvalue weighted by Gasteiger charge is 2.19. The Labute approximate surface area is 94.1 Å². The molecule has 0 atom stereocenters. The summed E-state index contributed by atoms with van der Waals surface area (Å²) in [5.41, 5.74) is 2.97. The van der Waals surface area contributed by atoms with Gasteiger partial charge in [-0.2, -0.15) is 0 Å². The van der Waals surface area contributed by atoms with E-state index in [-0.39, 0.29) is 5.41 Å². The van der Waals surface area contributed by atoms with Gasteiger partial charge in [0.2, 0.25) is 0 Å². The zero-order valence-electron chi connectivity index (χ0n) is 10.8. The van der Waals surface area contributed by atoms with Gasteiger partial charge in [0, 0.05) is 18.8 Å². The van der Waals surface area contributed by atoms with E-state index in [2.05, 4.69) is 70.8 Å². The van der Waals surface area contributed by atoms with Gasteiger partial charge >= 0.3 is 0 Å². The first kappa shape index (κ1) is 12.1. The van der Waals surface area contributed by atoms with E-state index in [1.54, 1.807) is 0 Å². The molecule has 0 saturated carbocycles. The molecule has 0 spiro atoms. The Morgan fingerprint density at radius 2 is 1.60 bits per heavy atom. The van der Waals surface area contributed by atoms with Gasteiger partial charge in [0.15, 0.2) is 0 Å². The van der Waals surface area contributed by atoms with Crippen molar-refractivity contribution < 1.29 is 0 Å². The maximum atomic E-state index is 2.33. The van der Waals surface area contributed by atoms with Crippen LogP contribution in [0.4, 0.5) is 5.69 Å². The molecular weight excluding hydrogens is 182 g/mol. The van der Waals surface area contributed by atoms with Gasteiger partial charge in [0.25, 0.3) is 0 Å². The third-order valence-corrected chi connectivity index (χ3v) is 2.87. The SMILES string of the molecule is CC(C)N(C)c1ccccc1C(C)(C)C. The van der Waals surface area contributed by atoms with Crippen LogP contribution in [0.5, 0.6) is 0 Å². The van der Waals surface area contributed by atoms with Crippen molar-refractivity contribution in [3.63, 3.8) is 0 Å². The minimum atomic E-state index is 0.208. The van der Waals surface area contributed by atoms with Crippen molar-refractivity contribution >= 4 is 5.69 Å². The summed E-state index contributed by atoms with van der Waals surface area (Å²) >= 11 is 0. The maximum absolute atomic E-state index is 2.33. The summed E-state index contributed by atoms with van der Waals surface area (Å²) in [5.74, 6) is 0. The standard InChI is InChI=1S/C14H23N/c1-11(2)15(6)13-10-8-7-9-12(13)14(3,4)5/h7-11H,1-6H3. The van der Waals surface area contributed by atoms with Crippen LogP contribution >= 0.6 is 0 Å². The highest BCUT2D eigenvalue weighted by atomic mass is 15.1. The molecule has 0 aliphatic heterocycles. The Hall–Kier alpha value is -0.980. The van der Waals surface area contributed by atoms with Crippen LogP contribution in [-0.2, 0) is 5.41 Å². The molecule has 0 bridgehead atoms. The Bertz CT molecular complexity index is 320. The van der Waals surface area contributed by atoms with Gasteiger partial charge in [-0.25, -0.2) is 0 Å². The molecule has 0 amide bonds. The van der Waals surface area contributed by atoms with Crippen LogP contribution in [0.15, 0.2) is 24.3 Å². The van der Waals surface area contributed by atoms with E-state index >= 15 is 0 Å². The third-order valence-electron chi connectivity index (χ3n) is 2.87. The number of hydrogen-bond donors (Lipinski definition) is 0. The lowest BCUT2D eigenvalue weighted by Crippen LogP contribution is -2.28. The lowest BCUT2D eigenvalue weighted by molar-refractivity contribution is 0.585. The summed E-state index contributed by atoms with van der Waals surface area (Å²) in [7, 11) is 2.16. The predicted molar refractivity (Wildman–Crippen MR) is 68.7 cm³/mol. The second kappa shape index (κ2) is 4.26. The fourth-order valence-corrected chi connectivity index (χ4v) is 1.69. The molecule has 0 aliphatic rings. The molecule has 0 fully saturated rings. The average Bonchev–Trinajstić information content (AvgIpc) is 2.15. The van der Waals surface area contributed by atoms with E-state index in [9.17, 15) is 0 Å². The van der Waals surface area contributed by atoms with E-state index in [1.807, 2.05) is 0 Å². The van der Waals surface area contributed by atoms with Crippen LogP contribution in [-0.4, -0.2) is 13.1 Å². The van der Waals surface area contributed by atoms with Gasteiger partial charge in [-0.15, -0.1) is 0 Å². The molecule has 1 nitrogen and oxygen atoms in total. The number of hydrogen-bond acceptors (Lipinski definition) is 1. The second-order valence-corrected chi connectivity index (χ2v) is 5.47. The van der Waals surface area contributed by atoms with Crippen LogP contribution in [0, 0.1) is 0 Å². The quantitative estimate of drug-likeness (QED) is 0.709. The van der Waals surface area contributed by atoms with Gasteiger partial charge in [-0.05, 0) is 30.9 Å². The van der Waals surface area contributed by atoms with E-state index in [0.717, 1.165) is 0 Å². The molecule has 0 aliphatic carbocycles. The van der Waals surface area contributed by atoms with Gasteiger partial charge in [-0.3, -0.25) is 0 Å². The molecular formula is C14H23N. The first-order valence-corrected chi connectivity index (χ1v) is 5.66. The fourth-order valence-electron chi connectivity index (χ4n) is 1.69. The Morgan fingerprint density at radius 1 is 1.07 bits per heavy atom. The monoisotopic (exact) mass is 205 g/mol. The maximum Gasteiger partial charge on any atom is 0.0403 e. The van der Waals surface area contributed by atoms with Crippen molar-refractivity contribution in [3.8, 4) is 0 Å². The first-order chi connectivity index (χ1) is 6.84. The average molecular weight is 205 g/mol. The predicted octanol–water partition coefficient (Wildman–Crippen LogP) is 3.83. The normalized spacial score (nSPS) is 11.9. The number of nitrogens with zero attached hydrogens (tertiary/aromatic N) is 1. The van der Waals surface area contributed by atoms with Crippen LogP contribution in [0.3, 0.4) is 0 Å². The second-order valence-electron chi connectivity index (χ2n) is 5.47. The van der Waals surface area contributed by atoms with E-state index in [1.165, 1.54) is 11.3 Å². The number of benzene rings is 1. The lowest BCUT2D eigenvalue weighted by atomic mass is 9.85. The van der Waals surface area contributed by atoms with Crippen LogP contribution in [0.25, 0.3) is 0 Å². The van der Waals surface area contributed by atoms with Crippen molar-refractivity contribution in [1.29, 1.82) is 0 Å². The Balaban J connectivity index is 3.18. The summed E-state index contributed by atoms with van der Waals surface area (Å²) < 4.78 is 0. The van der Waals surface area contributed by atoms with Crippen LogP contribution in [0.2, 0.25) is 0 Å². The largest absolute Gasteiger partial charge is 0.372 e. The summed E-state index contributed by atoms with van der Waals surface area (Å²) in [6.07, 6.45) is 0. The number of anilines is 1. The van der Waals surface area contributed by atoms with Crippen molar-refractivity contribution in [2.75, 3.05) is 11.9 Å². The zero-order chi connectivity index (χ0) is 11.6. The molecule has 0 radical (unpaired) electrons. The highest BCUT2D eigenvalue weighted by Crippen LogP contribution is 2.31. The van der Waals surface area contributed by atoms with Gasteiger partial charge in [-0.1, -0.05) is 39.0 Å². The molecule has 84 valence electrons. The molecule has 1 rings (SSSR count). The van der Waals surface area contributed by atoms with Crippen LogP contribution < -0.4 is 4.90 Å². The summed E-state index contributed by atoms with van der Waals surface area (Å²) in [6, 6.07) is 9.21. The summed E-state index contributed by atoms with van der Waals surface area (Å²) in [6.45, 7) is 11.2.